The van der Waals surface area contributed by atoms with Gasteiger partial charge in [-0.3, -0.25) is 14.3 Å². The van der Waals surface area contributed by atoms with Gasteiger partial charge in [-0.1, -0.05) is 0 Å². The first-order valence-corrected chi connectivity index (χ1v) is 6.62. The van der Waals surface area contributed by atoms with Crippen LogP contribution < -0.4 is 22.3 Å². The van der Waals surface area contributed by atoms with Crippen LogP contribution in [-0.2, 0) is 7.05 Å². The molecule has 0 radical (unpaired) electrons. The van der Waals surface area contributed by atoms with Crippen molar-refractivity contribution in [1.82, 2.24) is 19.1 Å². The summed E-state index contributed by atoms with van der Waals surface area (Å²) >= 11 is 0. The van der Waals surface area contributed by atoms with Gasteiger partial charge < -0.3 is 15.6 Å². The van der Waals surface area contributed by atoms with Gasteiger partial charge >= 0.3 is 5.69 Å². The largest absolute Gasteiger partial charge is 0.356 e. The molecule has 0 aliphatic rings. The van der Waals surface area contributed by atoms with E-state index >= 15 is 0 Å². The first-order valence-electron chi connectivity index (χ1n) is 6.62. The second-order valence-electron chi connectivity index (χ2n) is 4.96. The lowest BCUT2D eigenvalue weighted by atomic mass is 10.4. The molecule has 2 rings (SSSR count). The smallest absolute Gasteiger partial charge is 0.330 e. The van der Waals surface area contributed by atoms with Gasteiger partial charge in [-0.15, -0.1) is 0 Å². The number of rotatable bonds is 5. The maximum Gasteiger partial charge on any atom is 0.330 e. The molecular formula is C12H20N6O2. The lowest BCUT2D eigenvalue weighted by molar-refractivity contribution is 0.580. The summed E-state index contributed by atoms with van der Waals surface area (Å²) in [6.45, 7) is 4.98. The minimum absolute atomic E-state index is 0.0892. The van der Waals surface area contributed by atoms with Crippen LogP contribution in [-0.4, -0.2) is 32.2 Å². The van der Waals surface area contributed by atoms with E-state index in [1.54, 1.807) is 11.6 Å². The number of aromatic nitrogens is 4. The number of hydrogen-bond donors (Lipinski definition) is 3. The van der Waals surface area contributed by atoms with Crippen LogP contribution in [0.3, 0.4) is 0 Å². The lowest BCUT2D eigenvalue weighted by Gasteiger charge is -2.08. The number of nitrogens with two attached hydrogens (primary N) is 1. The molecule has 0 amide bonds. The average molecular weight is 280 g/mol. The fourth-order valence-electron chi connectivity index (χ4n) is 2.16. The quantitative estimate of drug-likeness (QED) is 0.655. The van der Waals surface area contributed by atoms with Crippen molar-refractivity contribution in [3.05, 3.63) is 20.8 Å². The van der Waals surface area contributed by atoms with Crippen LogP contribution in [0.5, 0.6) is 0 Å². The van der Waals surface area contributed by atoms with E-state index in [1.165, 1.54) is 4.57 Å². The molecule has 2 heterocycles. The van der Waals surface area contributed by atoms with Crippen molar-refractivity contribution in [2.45, 2.75) is 26.3 Å². The molecule has 0 bridgehead atoms. The number of imidazole rings is 1. The summed E-state index contributed by atoms with van der Waals surface area (Å²) < 4.78 is 3.13. The van der Waals surface area contributed by atoms with Gasteiger partial charge in [-0.25, -0.2) is 4.79 Å². The molecule has 0 fully saturated rings. The molecule has 0 unspecified atom stereocenters. The predicted molar refractivity (Wildman–Crippen MR) is 78.1 cm³/mol. The normalized spacial score (nSPS) is 11.4. The monoisotopic (exact) mass is 280 g/mol. The van der Waals surface area contributed by atoms with E-state index in [-0.39, 0.29) is 6.04 Å². The Morgan fingerprint density at radius 3 is 2.70 bits per heavy atom. The molecule has 2 aromatic heterocycles. The lowest BCUT2D eigenvalue weighted by Crippen LogP contribution is -2.31. The summed E-state index contributed by atoms with van der Waals surface area (Å²) in [5.41, 5.74) is 5.36. The summed E-state index contributed by atoms with van der Waals surface area (Å²) in [4.78, 5) is 30.6. The van der Waals surface area contributed by atoms with Crippen molar-refractivity contribution in [3.63, 3.8) is 0 Å². The highest BCUT2D eigenvalue weighted by atomic mass is 16.2. The number of aryl methyl sites for hydroxylation is 1. The fraction of sp³-hybridized carbons (Fsp3) is 0.583. The fourth-order valence-corrected chi connectivity index (χ4v) is 2.16. The van der Waals surface area contributed by atoms with Crippen molar-refractivity contribution >= 4 is 17.1 Å². The number of aromatic amines is 1. The van der Waals surface area contributed by atoms with Gasteiger partial charge in [0.2, 0.25) is 5.95 Å². The van der Waals surface area contributed by atoms with Crippen LogP contribution in [0.15, 0.2) is 9.59 Å². The highest BCUT2D eigenvalue weighted by Gasteiger charge is 2.17. The third-order valence-corrected chi connectivity index (χ3v) is 3.14. The molecule has 0 spiro atoms. The number of anilines is 1. The SMILES string of the molecule is CC(C)n1c(=O)[nH]c(=O)c2c1nc(NCCCN)n2C. The molecule has 20 heavy (non-hydrogen) atoms. The molecule has 0 saturated carbocycles. The molecule has 8 nitrogen and oxygen atoms in total. The van der Waals surface area contributed by atoms with Gasteiger partial charge in [0.25, 0.3) is 5.56 Å². The molecule has 0 aromatic carbocycles. The molecule has 8 heteroatoms. The molecular weight excluding hydrogens is 260 g/mol. The van der Waals surface area contributed by atoms with Crippen LogP contribution in [0.25, 0.3) is 11.2 Å². The highest BCUT2D eigenvalue weighted by molar-refractivity contribution is 5.74. The standard InChI is InChI=1S/C12H20N6O2/c1-7(2)18-9-8(10(19)16-12(18)20)17(3)11(15-9)14-6-4-5-13/h7H,4-6,13H2,1-3H3,(H,14,15)(H,16,19,20). The first kappa shape index (κ1) is 14.3. The zero-order chi connectivity index (χ0) is 14.9. The van der Waals surface area contributed by atoms with E-state index in [0.29, 0.717) is 30.2 Å². The van der Waals surface area contributed by atoms with Gasteiger partial charge in [-0.2, -0.15) is 4.98 Å². The van der Waals surface area contributed by atoms with Gasteiger partial charge in [0.1, 0.15) is 0 Å². The summed E-state index contributed by atoms with van der Waals surface area (Å²) in [5.74, 6) is 0.555. The molecule has 4 N–H and O–H groups in total. The van der Waals surface area contributed by atoms with Crippen molar-refractivity contribution in [2.75, 3.05) is 18.4 Å². The van der Waals surface area contributed by atoms with Crippen LogP contribution in [0, 0.1) is 0 Å². The maximum atomic E-state index is 12.0. The Balaban J connectivity index is 2.63. The van der Waals surface area contributed by atoms with Gasteiger partial charge in [-0.05, 0) is 26.8 Å². The Kier molecular flexibility index (Phi) is 3.93. The second kappa shape index (κ2) is 5.49. The Hall–Kier alpha value is -2.09. The Labute approximate surface area is 115 Å². The average Bonchev–Trinajstić information content (AvgIpc) is 2.67. The highest BCUT2D eigenvalue weighted by Crippen LogP contribution is 2.15. The van der Waals surface area contributed by atoms with Crippen molar-refractivity contribution in [1.29, 1.82) is 0 Å². The molecule has 0 aliphatic heterocycles. The Bertz CT molecular complexity index is 724. The van der Waals surface area contributed by atoms with E-state index in [2.05, 4.69) is 15.3 Å². The predicted octanol–water partition coefficient (Wildman–Crippen LogP) is -0.235. The zero-order valence-corrected chi connectivity index (χ0v) is 11.9. The number of hydrogen-bond acceptors (Lipinski definition) is 5. The minimum Gasteiger partial charge on any atom is -0.356 e. The maximum absolute atomic E-state index is 12.0. The number of H-pyrrole nitrogens is 1. The van der Waals surface area contributed by atoms with Gasteiger partial charge in [0.05, 0.1) is 0 Å². The zero-order valence-electron chi connectivity index (χ0n) is 11.9. The Morgan fingerprint density at radius 2 is 2.10 bits per heavy atom. The summed E-state index contributed by atoms with van der Waals surface area (Å²) in [7, 11) is 1.74. The van der Waals surface area contributed by atoms with Crippen LogP contribution in [0.1, 0.15) is 26.3 Å². The number of nitrogens with zero attached hydrogens (tertiary/aromatic N) is 3. The number of nitrogens with one attached hydrogen (secondary N) is 2. The van der Waals surface area contributed by atoms with Gasteiger partial charge in [0.15, 0.2) is 11.2 Å². The van der Waals surface area contributed by atoms with E-state index < -0.39 is 11.2 Å². The topological polar surface area (TPSA) is 111 Å². The van der Waals surface area contributed by atoms with Crippen molar-refractivity contribution < 1.29 is 0 Å². The molecule has 2 aromatic rings. The second-order valence-corrected chi connectivity index (χ2v) is 4.96. The summed E-state index contributed by atoms with van der Waals surface area (Å²) in [6, 6.07) is -0.0892. The molecule has 0 aliphatic carbocycles. The minimum atomic E-state index is -0.441. The van der Waals surface area contributed by atoms with E-state index in [9.17, 15) is 9.59 Å². The van der Waals surface area contributed by atoms with E-state index in [0.717, 1.165) is 6.42 Å². The number of fused-ring (bicyclic) bond motifs is 1. The van der Waals surface area contributed by atoms with Crippen LogP contribution in [0.4, 0.5) is 5.95 Å². The van der Waals surface area contributed by atoms with E-state index in [4.69, 9.17) is 5.73 Å². The van der Waals surface area contributed by atoms with Crippen molar-refractivity contribution in [2.24, 2.45) is 12.8 Å². The molecule has 0 atom stereocenters. The van der Waals surface area contributed by atoms with E-state index in [1.807, 2.05) is 13.8 Å². The van der Waals surface area contributed by atoms with Gasteiger partial charge in [0, 0.05) is 19.6 Å². The van der Waals surface area contributed by atoms with Crippen molar-refractivity contribution in [3.8, 4) is 0 Å². The third-order valence-electron chi connectivity index (χ3n) is 3.14. The summed E-state index contributed by atoms with van der Waals surface area (Å²) in [6.07, 6.45) is 0.802. The third kappa shape index (κ3) is 2.34. The van der Waals surface area contributed by atoms with Crippen LogP contribution >= 0.6 is 0 Å². The Morgan fingerprint density at radius 1 is 1.40 bits per heavy atom. The van der Waals surface area contributed by atoms with Crippen LogP contribution in [0.2, 0.25) is 0 Å². The molecule has 110 valence electrons. The summed E-state index contributed by atoms with van der Waals surface area (Å²) in [5, 5.41) is 3.12. The first-order chi connectivity index (χ1) is 9.47. The molecule has 0 saturated heterocycles.